The molecule has 2 aromatic rings. The van der Waals surface area contributed by atoms with Crippen LogP contribution in [0.1, 0.15) is 42.6 Å². The van der Waals surface area contributed by atoms with Crippen LogP contribution in [0.3, 0.4) is 0 Å². The zero-order chi connectivity index (χ0) is 22.9. The summed E-state index contributed by atoms with van der Waals surface area (Å²) < 4.78 is 0. The molecule has 0 radical (unpaired) electrons. The molecule has 1 saturated heterocycles. The summed E-state index contributed by atoms with van der Waals surface area (Å²) in [7, 11) is 0. The molecule has 32 heavy (non-hydrogen) atoms. The summed E-state index contributed by atoms with van der Waals surface area (Å²) in [6, 6.07) is 13.6. The molecule has 0 saturated carbocycles. The molecule has 2 amide bonds. The lowest BCUT2D eigenvalue weighted by atomic mass is 9.93. The molecule has 0 spiro atoms. The number of carbonyl (C=O) groups is 2. The second kappa shape index (κ2) is 11.7. The van der Waals surface area contributed by atoms with E-state index in [1.807, 2.05) is 6.07 Å². The van der Waals surface area contributed by atoms with Gasteiger partial charge in [-0.15, -0.1) is 0 Å². The highest BCUT2D eigenvalue weighted by Gasteiger charge is 2.38. The number of hydrogen-bond donors (Lipinski definition) is 2. The van der Waals surface area contributed by atoms with Gasteiger partial charge in [0.1, 0.15) is 6.04 Å². The lowest BCUT2D eigenvalue weighted by molar-refractivity contribution is -0.127. The van der Waals surface area contributed by atoms with Crippen LogP contribution in [0.15, 0.2) is 54.9 Å². The van der Waals surface area contributed by atoms with Crippen molar-refractivity contribution in [3.05, 3.63) is 66.0 Å². The molecule has 1 unspecified atom stereocenters. The van der Waals surface area contributed by atoms with Gasteiger partial charge >= 0.3 is 0 Å². The summed E-state index contributed by atoms with van der Waals surface area (Å²) in [5.74, 6) is 0.211. The average Bonchev–Trinajstić information content (AvgIpc) is 2.82. The normalized spacial score (nSPS) is 18.7. The molecule has 7 heteroatoms. The highest BCUT2D eigenvalue weighted by molar-refractivity contribution is 5.97. The number of benzene rings is 1. The third-order valence-corrected chi connectivity index (χ3v) is 5.83. The van der Waals surface area contributed by atoms with Crippen molar-refractivity contribution in [3.63, 3.8) is 0 Å². The summed E-state index contributed by atoms with van der Waals surface area (Å²) in [6.45, 7) is 7.49. The lowest BCUT2D eigenvalue weighted by Gasteiger charge is -2.43. The number of pyridine rings is 1. The van der Waals surface area contributed by atoms with Crippen molar-refractivity contribution in [2.45, 2.75) is 45.3 Å². The number of nitrogens with two attached hydrogens (primary N) is 1. The van der Waals surface area contributed by atoms with Crippen LogP contribution in [0.4, 0.5) is 0 Å². The molecule has 0 bridgehead atoms. The minimum Gasteiger partial charge on any atom is -0.353 e. The third kappa shape index (κ3) is 6.37. The number of likely N-dealkylation sites (tertiary alicyclic amines) is 1. The minimum absolute atomic E-state index is 0.137. The molecule has 2 heterocycles. The Bertz CT molecular complexity index is 859. The molecule has 1 aliphatic heterocycles. The third-order valence-electron chi connectivity index (χ3n) is 5.83. The van der Waals surface area contributed by atoms with Crippen molar-refractivity contribution in [2.75, 3.05) is 26.2 Å². The topological polar surface area (TPSA) is 91.6 Å². The highest BCUT2D eigenvalue weighted by Crippen LogP contribution is 2.26. The summed E-state index contributed by atoms with van der Waals surface area (Å²) in [5, 5.41) is 2.90. The first-order chi connectivity index (χ1) is 15.5. The SMILES string of the molecule is CC(C)CN(Cc1ccccc1)C1CCN(C(=O)c2cccnc2)[C@@H](C(=O)NCCN)C1. The van der Waals surface area contributed by atoms with Gasteiger partial charge in [0.05, 0.1) is 5.56 Å². The van der Waals surface area contributed by atoms with Crippen molar-refractivity contribution < 1.29 is 9.59 Å². The van der Waals surface area contributed by atoms with Crippen molar-refractivity contribution >= 4 is 11.8 Å². The molecule has 7 nitrogen and oxygen atoms in total. The zero-order valence-electron chi connectivity index (χ0n) is 19.1. The van der Waals surface area contributed by atoms with Crippen LogP contribution < -0.4 is 11.1 Å². The largest absolute Gasteiger partial charge is 0.353 e. The lowest BCUT2D eigenvalue weighted by Crippen LogP contribution is -2.57. The first-order valence-corrected chi connectivity index (χ1v) is 11.5. The van der Waals surface area contributed by atoms with Gasteiger partial charge in [0.2, 0.25) is 5.91 Å². The van der Waals surface area contributed by atoms with Crippen molar-refractivity contribution in [1.82, 2.24) is 20.1 Å². The predicted molar refractivity (Wildman–Crippen MR) is 126 cm³/mol. The fraction of sp³-hybridized carbons (Fsp3) is 0.480. The quantitative estimate of drug-likeness (QED) is 0.628. The van der Waals surface area contributed by atoms with Crippen LogP contribution in [0.2, 0.25) is 0 Å². The standard InChI is InChI=1S/C25H35N5O2/c1-19(2)17-29(18-20-7-4-3-5-8-20)22-10-14-30(23(15-22)24(31)28-13-11-26)25(32)21-9-6-12-27-16-21/h3-9,12,16,19,22-23H,10-11,13-15,17-18,26H2,1-2H3,(H,28,31)/t22?,23-/m1/s1. The predicted octanol–water partition coefficient (Wildman–Crippen LogP) is 2.29. The summed E-state index contributed by atoms with van der Waals surface area (Å²) in [6.07, 6.45) is 4.62. The maximum atomic E-state index is 13.2. The number of amides is 2. The van der Waals surface area contributed by atoms with Crippen LogP contribution >= 0.6 is 0 Å². The van der Waals surface area contributed by atoms with Gasteiger partial charge in [-0.3, -0.25) is 19.5 Å². The van der Waals surface area contributed by atoms with Gasteiger partial charge in [0.15, 0.2) is 0 Å². The molecule has 3 rings (SSSR count). The highest BCUT2D eigenvalue weighted by atomic mass is 16.2. The molecule has 1 aliphatic rings. The van der Waals surface area contributed by atoms with E-state index in [9.17, 15) is 9.59 Å². The van der Waals surface area contributed by atoms with Crippen molar-refractivity contribution in [1.29, 1.82) is 0 Å². The second-order valence-electron chi connectivity index (χ2n) is 8.82. The van der Waals surface area contributed by atoms with E-state index in [-0.39, 0.29) is 17.9 Å². The van der Waals surface area contributed by atoms with Gasteiger partial charge in [0.25, 0.3) is 5.91 Å². The van der Waals surface area contributed by atoms with Crippen LogP contribution in [-0.2, 0) is 11.3 Å². The van der Waals surface area contributed by atoms with Crippen molar-refractivity contribution in [3.8, 4) is 0 Å². The van der Waals surface area contributed by atoms with Crippen molar-refractivity contribution in [2.24, 2.45) is 11.7 Å². The van der Waals surface area contributed by atoms with Gasteiger partial charge in [-0.05, 0) is 36.5 Å². The fourth-order valence-electron chi connectivity index (χ4n) is 4.37. The van der Waals surface area contributed by atoms with E-state index < -0.39 is 6.04 Å². The van der Waals surface area contributed by atoms with Crippen LogP contribution in [0.25, 0.3) is 0 Å². The maximum absolute atomic E-state index is 13.2. The number of hydrogen-bond acceptors (Lipinski definition) is 5. The Morgan fingerprint density at radius 2 is 2.00 bits per heavy atom. The monoisotopic (exact) mass is 437 g/mol. The number of nitrogens with zero attached hydrogens (tertiary/aromatic N) is 3. The molecule has 0 aliphatic carbocycles. The molecule has 1 fully saturated rings. The number of carbonyl (C=O) groups excluding carboxylic acids is 2. The molecule has 1 aromatic carbocycles. The Morgan fingerprint density at radius 1 is 1.22 bits per heavy atom. The van der Waals surface area contributed by atoms with Gasteiger partial charge < -0.3 is 16.0 Å². The Kier molecular flexibility index (Phi) is 8.76. The number of piperidine rings is 1. The molecular formula is C25H35N5O2. The van der Waals surface area contributed by atoms with Gasteiger partial charge in [-0.1, -0.05) is 44.2 Å². The van der Waals surface area contributed by atoms with E-state index >= 15 is 0 Å². The molecule has 3 N–H and O–H groups in total. The van der Waals surface area contributed by atoms with E-state index in [0.29, 0.717) is 37.5 Å². The van der Waals surface area contributed by atoms with E-state index in [1.54, 1.807) is 29.4 Å². The Hall–Kier alpha value is -2.77. The number of aromatic nitrogens is 1. The van der Waals surface area contributed by atoms with E-state index in [4.69, 9.17) is 5.73 Å². The smallest absolute Gasteiger partial charge is 0.256 e. The maximum Gasteiger partial charge on any atom is 0.256 e. The van der Waals surface area contributed by atoms with Gasteiger partial charge in [-0.2, -0.15) is 0 Å². The first-order valence-electron chi connectivity index (χ1n) is 11.5. The molecule has 1 aromatic heterocycles. The van der Waals surface area contributed by atoms with E-state index in [0.717, 1.165) is 19.5 Å². The molecular weight excluding hydrogens is 402 g/mol. The average molecular weight is 438 g/mol. The van der Waals surface area contributed by atoms with Crippen LogP contribution in [0.5, 0.6) is 0 Å². The number of rotatable bonds is 9. The van der Waals surface area contributed by atoms with Crippen LogP contribution in [-0.4, -0.2) is 64.9 Å². The minimum atomic E-state index is -0.529. The molecule has 172 valence electrons. The summed E-state index contributed by atoms with van der Waals surface area (Å²) >= 11 is 0. The van der Waals surface area contributed by atoms with Gasteiger partial charge in [-0.25, -0.2) is 0 Å². The Balaban J connectivity index is 1.81. The first kappa shape index (κ1) is 23.9. The zero-order valence-corrected chi connectivity index (χ0v) is 19.1. The number of nitrogens with one attached hydrogen (secondary N) is 1. The second-order valence-corrected chi connectivity index (χ2v) is 8.82. The Morgan fingerprint density at radius 3 is 2.66 bits per heavy atom. The van der Waals surface area contributed by atoms with E-state index in [1.165, 1.54) is 5.56 Å². The molecule has 2 atom stereocenters. The summed E-state index contributed by atoms with van der Waals surface area (Å²) in [5.41, 5.74) is 7.36. The fourth-order valence-corrected chi connectivity index (χ4v) is 4.37. The van der Waals surface area contributed by atoms with E-state index in [2.05, 4.69) is 53.3 Å². The Labute approximate surface area is 191 Å². The van der Waals surface area contributed by atoms with Crippen LogP contribution in [0, 0.1) is 5.92 Å². The van der Waals surface area contributed by atoms with Gasteiger partial charge in [0, 0.05) is 51.2 Å². The summed E-state index contributed by atoms with van der Waals surface area (Å²) in [4.78, 5) is 34.5.